The number of benzene rings is 2. The van der Waals surface area contributed by atoms with Gasteiger partial charge in [0, 0.05) is 41.9 Å². The molecule has 0 N–H and O–H groups in total. The first-order chi connectivity index (χ1) is 13.9. The van der Waals surface area contributed by atoms with E-state index in [-0.39, 0.29) is 51.9 Å². The van der Waals surface area contributed by atoms with E-state index < -0.39 is 15.8 Å². The quantitative estimate of drug-likeness (QED) is 0.596. The Kier molecular flexibility index (Phi) is 5.06. The van der Waals surface area contributed by atoms with Crippen molar-refractivity contribution in [2.45, 2.75) is 0 Å². The van der Waals surface area contributed by atoms with Crippen LogP contribution >= 0.6 is 0 Å². The Labute approximate surface area is 168 Å². The lowest BCUT2D eigenvalue weighted by atomic mass is 9.82. The first kappa shape index (κ1) is 19.5. The monoisotopic (exact) mass is 413 g/mol. The fourth-order valence-electron chi connectivity index (χ4n) is 3.63. The third-order valence-electron chi connectivity index (χ3n) is 5.25. The van der Waals surface area contributed by atoms with E-state index in [1.165, 1.54) is 12.1 Å². The van der Waals surface area contributed by atoms with Gasteiger partial charge in [-0.2, -0.15) is 0 Å². The van der Waals surface area contributed by atoms with E-state index in [9.17, 15) is 22.8 Å². The van der Waals surface area contributed by atoms with Crippen LogP contribution in [-0.4, -0.2) is 68.6 Å². The SMILES string of the molecule is O=C(OCCN1CCS(=O)(=O)CC1)c1cccc2c1C(=O)c1ccccc1C2=O. The van der Waals surface area contributed by atoms with Gasteiger partial charge in [-0.1, -0.05) is 36.4 Å². The molecule has 0 bridgehead atoms. The number of fused-ring (bicyclic) bond motifs is 2. The molecule has 2 aliphatic rings. The summed E-state index contributed by atoms with van der Waals surface area (Å²) < 4.78 is 28.3. The largest absolute Gasteiger partial charge is 0.461 e. The molecular formula is C21H19NO6S. The standard InChI is InChI=1S/C21H19NO6S/c23-19-14-4-1-2-5-15(14)20(24)18-16(19)6-3-7-17(18)21(25)28-11-8-22-9-12-29(26,27)13-10-22/h1-7H,8-13H2. The number of rotatable bonds is 4. The Bertz CT molecular complexity index is 1110. The van der Waals surface area contributed by atoms with Crippen molar-refractivity contribution in [3.63, 3.8) is 0 Å². The third-order valence-corrected chi connectivity index (χ3v) is 6.86. The van der Waals surface area contributed by atoms with Crippen LogP contribution in [0.2, 0.25) is 0 Å². The molecule has 4 rings (SSSR count). The highest BCUT2D eigenvalue weighted by atomic mass is 32.2. The smallest absolute Gasteiger partial charge is 0.338 e. The Hall–Kier alpha value is -2.84. The molecule has 1 heterocycles. The second-order valence-electron chi connectivity index (χ2n) is 7.06. The van der Waals surface area contributed by atoms with Crippen LogP contribution in [0.1, 0.15) is 42.2 Å². The van der Waals surface area contributed by atoms with Crippen LogP contribution in [-0.2, 0) is 14.6 Å². The Balaban J connectivity index is 1.49. The first-order valence-electron chi connectivity index (χ1n) is 9.29. The highest BCUT2D eigenvalue weighted by molar-refractivity contribution is 7.91. The minimum atomic E-state index is -2.96. The van der Waals surface area contributed by atoms with E-state index in [2.05, 4.69) is 0 Å². The molecule has 0 saturated carbocycles. The highest BCUT2D eigenvalue weighted by Crippen LogP contribution is 2.29. The van der Waals surface area contributed by atoms with Gasteiger partial charge in [-0.3, -0.25) is 14.5 Å². The molecule has 2 aromatic rings. The van der Waals surface area contributed by atoms with Gasteiger partial charge in [-0.25, -0.2) is 13.2 Å². The number of ketones is 2. The van der Waals surface area contributed by atoms with Crippen LogP contribution in [0.5, 0.6) is 0 Å². The van der Waals surface area contributed by atoms with Gasteiger partial charge >= 0.3 is 5.97 Å². The minimum absolute atomic E-state index is 0.0663. The van der Waals surface area contributed by atoms with Gasteiger partial charge in [0.05, 0.1) is 17.1 Å². The van der Waals surface area contributed by atoms with Crippen LogP contribution in [0.15, 0.2) is 42.5 Å². The summed E-state index contributed by atoms with van der Waals surface area (Å²) in [5.41, 5.74) is 0.946. The topological polar surface area (TPSA) is 97.8 Å². The van der Waals surface area contributed by atoms with Crippen molar-refractivity contribution in [2.24, 2.45) is 0 Å². The molecule has 1 aliphatic heterocycles. The van der Waals surface area contributed by atoms with E-state index in [1.54, 1.807) is 30.3 Å². The number of hydrogen-bond acceptors (Lipinski definition) is 7. The Morgan fingerprint density at radius 2 is 1.52 bits per heavy atom. The fourth-order valence-corrected chi connectivity index (χ4v) is 4.91. The van der Waals surface area contributed by atoms with Gasteiger partial charge in [-0.15, -0.1) is 0 Å². The molecule has 2 aromatic carbocycles. The molecular weight excluding hydrogens is 394 g/mol. The summed E-state index contributed by atoms with van der Waals surface area (Å²) >= 11 is 0. The lowest BCUT2D eigenvalue weighted by molar-refractivity contribution is 0.0463. The van der Waals surface area contributed by atoms with Gasteiger partial charge < -0.3 is 4.74 Å². The van der Waals surface area contributed by atoms with Gasteiger partial charge in [0.25, 0.3) is 0 Å². The highest BCUT2D eigenvalue weighted by Gasteiger charge is 2.33. The lowest BCUT2D eigenvalue weighted by Crippen LogP contribution is -2.41. The number of nitrogens with zero attached hydrogens (tertiary/aromatic N) is 1. The van der Waals surface area contributed by atoms with Crippen molar-refractivity contribution in [3.8, 4) is 0 Å². The molecule has 1 fully saturated rings. The van der Waals surface area contributed by atoms with Crippen LogP contribution < -0.4 is 0 Å². The summed E-state index contributed by atoms with van der Waals surface area (Å²) in [7, 11) is -2.96. The average Bonchev–Trinajstić information content (AvgIpc) is 2.72. The van der Waals surface area contributed by atoms with E-state index in [4.69, 9.17) is 4.74 Å². The molecule has 150 valence electrons. The van der Waals surface area contributed by atoms with Crippen LogP contribution in [0, 0.1) is 0 Å². The van der Waals surface area contributed by atoms with Gasteiger partial charge in [-0.05, 0) is 6.07 Å². The maximum atomic E-state index is 12.9. The van der Waals surface area contributed by atoms with E-state index in [0.717, 1.165) is 0 Å². The molecule has 0 unspecified atom stereocenters. The summed E-state index contributed by atoms with van der Waals surface area (Å²) in [6, 6.07) is 11.1. The maximum Gasteiger partial charge on any atom is 0.338 e. The van der Waals surface area contributed by atoms with Crippen molar-refractivity contribution < 1.29 is 27.5 Å². The fraction of sp³-hybridized carbons (Fsp3) is 0.286. The number of carbonyl (C=O) groups is 3. The second kappa shape index (κ2) is 7.53. The third kappa shape index (κ3) is 3.73. The molecule has 0 spiro atoms. The Morgan fingerprint density at radius 1 is 0.897 bits per heavy atom. The molecule has 1 aliphatic carbocycles. The van der Waals surface area contributed by atoms with E-state index in [0.29, 0.717) is 25.2 Å². The summed E-state index contributed by atoms with van der Waals surface area (Å²) in [5, 5.41) is 0. The summed E-state index contributed by atoms with van der Waals surface area (Å²) in [6.07, 6.45) is 0. The van der Waals surface area contributed by atoms with E-state index in [1.807, 2.05) is 4.90 Å². The molecule has 1 saturated heterocycles. The van der Waals surface area contributed by atoms with Crippen LogP contribution in [0.4, 0.5) is 0 Å². The number of hydrogen-bond donors (Lipinski definition) is 0. The molecule has 0 atom stereocenters. The van der Waals surface area contributed by atoms with Gasteiger partial charge in [0.15, 0.2) is 21.4 Å². The molecule has 0 radical (unpaired) electrons. The lowest BCUT2D eigenvalue weighted by Gasteiger charge is -2.26. The maximum absolute atomic E-state index is 12.9. The van der Waals surface area contributed by atoms with E-state index >= 15 is 0 Å². The zero-order valence-corrected chi connectivity index (χ0v) is 16.4. The summed E-state index contributed by atoms with van der Waals surface area (Å²) in [5.74, 6) is -1.14. The normalized spacial score (nSPS) is 18.1. The molecule has 7 nitrogen and oxygen atoms in total. The van der Waals surface area contributed by atoms with Crippen LogP contribution in [0.25, 0.3) is 0 Å². The minimum Gasteiger partial charge on any atom is -0.461 e. The molecule has 8 heteroatoms. The van der Waals surface area contributed by atoms with Crippen molar-refractivity contribution in [1.29, 1.82) is 0 Å². The molecule has 0 amide bonds. The first-order valence-corrected chi connectivity index (χ1v) is 11.1. The van der Waals surface area contributed by atoms with Crippen molar-refractivity contribution in [2.75, 3.05) is 37.7 Å². The van der Waals surface area contributed by atoms with Crippen LogP contribution in [0.3, 0.4) is 0 Å². The Morgan fingerprint density at radius 3 is 2.21 bits per heavy atom. The summed E-state index contributed by atoms with van der Waals surface area (Å²) in [6.45, 7) is 1.29. The molecule has 0 aromatic heterocycles. The predicted molar refractivity (Wildman–Crippen MR) is 105 cm³/mol. The summed E-state index contributed by atoms with van der Waals surface area (Å²) in [4.78, 5) is 40.2. The number of esters is 1. The number of ether oxygens (including phenoxy) is 1. The second-order valence-corrected chi connectivity index (χ2v) is 9.36. The zero-order chi connectivity index (χ0) is 20.6. The van der Waals surface area contributed by atoms with Crippen molar-refractivity contribution in [1.82, 2.24) is 4.90 Å². The van der Waals surface area contributed by atoms with Crippen molar-refractivity contribution >= 4 is 27.4 Å². The zero-order valence-electron chi connectivity index (χ0n) is 15.6. The predicted octanol–water partition coefficient (Wildman–Crippen LogP) is 1.35. The number of sulfone groups is 1. The molecule has 29 heavy (non-hydrogen) atoms. The number of carbonyl (C=O) groups excluding carboxylic acids is 3. The van der Waals surface area contributed by atoms with Gasteiger partial charge in [0.2, 0.25) is 0 Å². The van der Waals surface area contributed by atoms with Gasteiger partial charge in [0.1, 0.15) is 6.61 Å². The van der Waals surface area contributed by atoms with Crippen molar-refractivity contribution in [3.05, 3.63) is 70.3 Å². The average molecular weight is 413 g/mol.